The summed E-state index contributed by atoms with van der Waals surface area (Å²) in [4.78, 5) is 0.0159. The molecule has 0 bridgehead atoms. The van der Waals surface area contributed by atoms with E-state index < -0.39 is 38.4 Å². The van der Waals surface area contributed by atoms with Gasteiger partial charge >= 0.3 is 0 Å². The zero-order valence-electron chi connectivity index (χ0n) is 17.4. The summed E-state index contributed by atoms with van der Waals surface area (Å²) in [6.07, 6.45) is 0.248. The summed E-state index contributed by atoms with van der Waals surface area (Å²) in [5.74, 6) is -2.75. The van der Waals surface area contributed by atoms with E-state index in [0.29, 0.717) is 24.5 Å². The van der Waals surface area contributed by atoms with E-state index >= 15 is 4.39 Å². The monoisotopic (exact) mass is 484 g/mol. The van der Waals surface area contributed by atoms with Crippen LogP contribution in [0.3, 0.4) is 0 Å². The largest absolute Gasteiger partial charge is 0.490 e. The third-order valence-electron chi connectivity index (χ3n) is 7.03. The van der Waals surface area contributed by atoms with Gasteiger partial charge in [-0.15, -0.1) is 0 Å². The van der Waals surface area contributed by atoms with E-state index in [2.05, 4.69) is 0 Å². The van der Waals surface area contributed by atoms with Gasteiger partial charge < -0.3 is 14.2 Å². The zero-order valence-corrected chi connectivity index (χ0v) is 19.0. The number of hydrogen-bond acceptors (Lipinski definition) is 5. The second-order valence-electron chi connectivity index (χ2n) is 8.50. The third kappa shape index (κ3) is 3.10. The predicted octanol–water partition coefficient (Wildman–Crippen LogP) is 4.86. The van der Waals surface area contributed by atoms with E-state index in [1.807, 2.05) is 6.92 Å². The standard InChI is InChI=1S/C23H23ClF2O5S/c1-2-29-20-11-15-16-12-30-22-18(26)8-7-17(25)21(22)23(16,10-9-19(15)31-20)32(27,28)14-5-3-13(24)4-6-14/h3-8,15-16,19-20H,2,9-12H2,1H3/t15-,16-,19+,20-,23-/m0/s1. The van der Waals surface area contributed by atoms with Gasteiger partial charge in [-0.1, -0.05) is 11.6 Å². The molecule has 0 unspecified atom stereocenters. The number of ether oxygens (including phenoxy) is 3. The normalized spacial score (nSPS) is 31.4. The van der Waals surface area contributed by atoms with E-state index in [9.17, 15) is 12.8 Å². The Hall–Kier alpha value is -1.74. The maximum Gasteiger partial charge on any atom is 0.188 e. The SMILES string of the molecule is CCO[C@@H]1C[C@@H]2[C@@H](CC[C@@]3(S(=O)(=O)c4ccc(Cl)cc4)c4c(F)ccc(F)c4OC[C@@H]23)O1. The fourth-order valence-electron chi connectivity index (χ4n) is 5.71. The lowest BCUT2D eigenvalue weighted by Gasteiger charge is -2.50. The van der Waals surface area contributed by atoms with Crippen LogP contribution in [0, 0.1) is 23.5 Å². The smallest absolute Gasteiger partial charge is 0.188 e. The highest BCUT2D eigenvalue weighted by atomic mass is 35.5. The lowest BCUT2D eigenvalue weighted by Crippen LogP contribution is -2.56. The molecule has 2 heterocycles. The first-order chi connectivity index (χ1) is 15.3. The predicted molar refractivity (Wildman–Crippen MR) is 113 cm³/mol. The molecule has 2 aromatic rings. The summed E-state index contributed by atoms with van der Waals surface area (Å²) in [7, 11) is -4.16. The van der Waals surface area contributed by atoms with Crippen molar-refractivity contribution in [2.45, 2.75) is 48.2 Å². The molecule has 0 radical (unpaired) electrons. The van der Waals surface area contributed by atoms with Crippen molar-refractivity contribution in [3.63, 3.8) is 0 Å². The zero-order chi connectivity index (χ0) is 22.7. The summed E-state index contributed by atoms with van der Waals surface area (Å²) < 4.78 is 74.1. The van der Waals surface area contributed by atoms with Gasteiger partial charge in [-0.3, -0.25) is 0 Å². The Morgan fingerprint density at radius 3 is 2.59 bits per heavy atom. The molecule has 1 saturated carbocycles. The van der Waals surface area contributed by atoms with Gasteiger partial charge in [0.1, 0.15) is 10.6 Å². The number of hydrogen-bond donors (Lipinski definition) is 0. The molecule has 1 saturated heterocycles. The van der Waals surface area contributed by atoms with Gasteiger partial charge in [0.05, 0.1) is 23.2 Å². The second-order valence-corrected chi connectivity index (χ2v) is 11.1. The van der Waals surface area contributed by atoms with Gasteiger partial charge in [0.2, 0.25) is 0 Å². The minimum atomic E-state index is -4.16. The molecule has 0 aromatic heterocycles. The first kappa shape index (κ1) is 22.1. The van der Waals surface area contributed by atoms with E-state index in [-0.39, 0.29) is 41.3 Å². The molecule has 0 amide bonds. The summed E-state index contributed by atoms with van der Waals surface area (Å²) in [6.45, 7) is 2.27. The lowest BCUT2D eigenvalue weighted by molar-refractivity contribution is -0.136. The molecule has 9 heteroatoms. The van der Waals surface area contributed by atoms with Gasteiger partial charge in [-0.2, -0.15) is 0 Å². The molecule has 172 valence electrons. The van der Waals surface area contributed by atoms with Crippen LogP contribution in [0.15, 0.2) is 41.3 Å². The molecule has 32 heavy (non-hydrogen) atoms. The summed E-state index contributed by atoms with van der Waals surface area (Å²) >= 11 is 5.97. The number of halogens is 3. The third-order valence-corrected chi connectivity index (χ3v) is 9.84. The molecule has 0 N–H and O–H groups in total. The van der Waals surface area contributed by atoms with Crippen LogP contribution in [0.2, 0.25) is 5.02 Å². The molecule has 5 atom stereocenters. The molecular formula is C23H23ClF2O5S. The lowest BCUT2D eigenvalue weighted by atomic mass is 9.66. The molecule has 0 spiro atoms. The quantitative estimate of drug-likeness (QED) is 0.620. The minimum absolute atomic E-state index is 0.0159. The van der Waals surface area contributed by atoms with Crippen LogP contribution in [-0.2, 0) is 24.1 Å². The maximum atomic E-state index is 15.3. The van der Waals surface area contributed by atoms with Crippen LogP contribution in [0.25, 0.3) is 0 Å². The fourth-order valence-corrected chi connectivity index (χ4v) is 8.24. The Morgan fingerprint density at radius 2 is 1.88 bits per heavy atom. The maximum absolute atomic E-state index is 15.3. The molecule has 1 aliphatic carbocycles. The summed E-state index contributed by atoms with van der Waals surface area (Å²) in [5.41, 5.74) is -0.220. The van der Waals surface area contributed by atoms with Crippen molar-refractivity contribution in [1.29, 1.82) is 0 Å². The first-order valence-electron chi connectivity index (χ1n) is 10.7. The van der Waals surface area contributed by atoms with Crippen LogP contribution in [0.1, 0.15) is 31.7 Å². The number of sulfone groups is 1. The van der Waals surface area contributed by atoms with Crippen LogP contribution in [0.5, 0.6) is 5.75 Å². The molecule has 3 aliphatic rings. The van der Waals surface area contributed by atoms with Crippen molar-refractivity contribution in [3.8, 4) is 5.75 Å². The Labute approximate surface area is 190 Å². The molecule has 5 rings (SSSR count). The van der Waals surface area contributed by atoms with Gasteiger partial charge in [-0.05, 0) is 62.1 Å². The van der Waals surface area contributed by atoms with E-state index in [1.54, 1.807) is 0 Å². The van der Waals surface area contributed by atoms with Crippen LogP contribution < -0.4 is 4.74 Å². The topological polar surface area (TPSA) is 61.8 Å². The van der Waals surface area contributed by atoms with Crippen molar-refractivity contribution < 1.29 is 31.4 Å². The van der Waals surface area contributed by atoms with Crippen molar-refractivity contribution >= 4 is 21.4 Å². The highest BCUT2D eigenvalue weighted by molar-refractivity contribution is 7.92. The van der Waals surface area contributed by atoms with Crippen molar-refractivity contribution in [2.24, 2.45) is 11.8 Å². The minimum Gasteiger partial charge on any atom is -0.490 e. The molecule has 2 fully saturated rings. The molecule has 2 aliphatic heterocycles. The molecular weight excluding hydrogens is 462 g/mol. The first-order valence-corrected chi connectivity index (χ1v) is 12.5. The van der Waals surface area contributed by atoms with Crippen LogP contribution >= 0.6 is 11.6 Å². The Morgan fingerprint density at radius 1 is 1.16 bits per heavy atom. The number of fused-ring (bicyclic) bond motifs is 5. The van der Waals surface area contributed by atoms with E-state index in [4.69, 9.17) is 25.8 Å². The highest BCUT2D eigenvalue weighted by Crippen LogP contribution is 2.60. The van der Waals surface area contributed by atoms with E-state index in [1.165, 1.54) is 24.3 Å². The van der Waals surface area contributed by atoms with Gasteiger partial charge in [-0.25, -0.2) is 17.2 Å². The number of benzene rings is 2. The van der Waals surface area contributed by atoms with Crippen LogP contribution in [0.4, 0.5) is 8.78 Å². The van der Waals surface area contributed by atoms with Crippen molar-refractivity contribution in [2.75, 3.05) is 13.2 Å². The Kier molecular flexibility index (Phi) is 5.47. The summed E-state index contributed by atoms with van der Waals surface area (Å²) in [5, 5.41) is 0.384. The molecule has 5 nitrogen and oxygen atoms in total. The molecule has 2 aromatic carbocycles. The van der Waals surface area contributed by atoms with E-state index in [0.717, 1.165) is 12.1 Å². The summed E-state index contributed by atoms with van der Waals surface area (Å²) in [6, 6.07) is 7.73. The van der Waals surface area contributed by atoms with Gasteiger partial charge in [0, 0.05) is 24.0 Å². The Bertz CT molecular complexity index is 1140. The van der Waals surface area contributed by atoms with Gasteiger partial charge in [0.15, 0.2) is 27.7 Å². The Balaban J connectivity index is 1.72. The number of rotatable bonds is 4. The average molecular weight is 485 g/mol. The van der Waals surface area contributed by atoms with Crippen LogP contribution in [-0.4, -0.2) is 34.0 Å². The van der Waals surface area contributed by atoms with Crippen molar-refractivity contribution in [3.05, 3.63) is 58.6 Å². The average Bonchev–Trinajstić information content (AvgIpc) is 3.19. The highest BCUT2D eigenvalue weighted by Gasteiger charge is 2.64. The van der Waals surface area contributed by atoms with Crippen molar-refractivity contribution in [1.82, 2.24) is 0 Å². The van der Waals surface area contributed by atoms with Gasteiger partial charge in [0.25, 0.3) is 0 Å². The second kappa shape index (κ2) is 7.94. The fraction of sp³-hybridized carbons (Fsp3) is 0.478.